The molecule has 0 saturated heterocycles. The van der Waals surface area contributed by atoms with Crippen molar-refractivity contribution >= 4 is 34.5 Å². The number of hydrogen-bond donors (Lipinski definition) is 1. The van der Waals surface area contributed by atoms with E-state index in [9.17, 15) is 0 Å². The van der Waals surface area contributed by atoms with Crippen molar-refractivity contribution in [2.45, 2.75) is 32.5 Å². The summed E-state index contributed by atoms with van der Waals surface area (Å²) in [6, 6.07) is 2.43. The second kappa shape index (κ2) is 6.06. The Hall–Kier alpha value is -0.550. The summed E-state index contributed by atoms with van der Waals surface area (Å²) in [5.74, 6) is 0. The van der Waals surface area contributed by atoms with Gasteiger partial charge in [0.25, 0.3) is 0 Å². The van der Waals surface area contributed by atoms with E-state index in [1.807, 2.05) is 23.2 Å². The molecule has 0 radical (unpaired) electrons. The van der Waals surface area contributed by atoms with Crippen LogP contribution < -0.4 is 5.32 Å². The van der Waals surface area contributed by atoms with Gasteiger partial charge >= 0.3 is 0 Å². The van der Waals surface area contributed by atoms with Crippen LogP contribution in [0.25, 0.3) is 0 Å². The standard InChI is InChI=1S/C12H15Cl2N3S/c1-8(6-17-4-3-15-7-17)16-9(2)10-5-11(13)18-12(10)14/h3-5,7-9,16H,6H2,1-2H3. The minimum absolute atomic E-state index is 0.180. The summed E-state index contributed by atoms with van der Waals surface area (Å²) >= 11 is 13.5. The van der Waals surface area contributed by atoms with Gasteiger partial charge in [0.05, 0.1) is 15.0 Å². The van der Waals surface area contributed by atoms with Crippen LogP contribution in [0, 0.1) is 0 Å². The number of halogens is 2. The molecule has 98 valence electrons. The summed E-state index contributed by atoms with van der Waals surface area (Å²) in [7, 11) is 0. The zero-order valence-electron chi connectivity index (χ0n) is 10.2. The molecule has 18 heavy (non-hydrogen) atoms. The predicted octanol–water partition coefficient (Wildman–Crippen LogP) is 3.99. The summed E-state index contributed by atoms with van der Waals surface area (Å²) in [5, 5.41) is 3.50. The van der Waals surface area contributed by atoms with Crippen LogP contribution in [0.15, 0.2) is 24.8 Å². The zero-order valence-corrected chi connectivity index (χ0v) is 12.6. The van der Waals surface area contributed by atoms with Crippen LogP contribution in [0.4, 0.5) is 0 Å². The molecule has 0 bridgehead atoms. The molecule has 0 amide bonds. The Morgan fingerprint density at radius 3 is 2.78 bits per heavy atom. The summed E-state index contributed by atoms with van der Waals surface area (Å²) in [6.45, 7) is 5.10. The topological polar surface area (TPSA) is 29.9 Å². The molecule has 0 aliphatic rings. The summed E-state index contributed by atoms with van der Waals surface area (Å²) in [6.07, 6.45) is 5.56. The van der Waals surface area contributed by atoms with E-state index in [4.69, 9.17) is 23.2 Å². The van der Waals surface area contributed by atoms with Crippen molar-refractivity contribution < 1.29 is 0 Å². The fraction of sp³-hybridized carbons (Fsp3) is 0.417. The summed E-state index contributed by atoms with van der Waals surface area (Å²) < 4.78 is 3.54. The van der Waals surface area contributed by atoms with Crippen LogP contribution in [0.3, 0.4) is 0 Å². The van der Waals surface area contributed by atoms with Gasteiger partial charge in [0, 0.05) is 31.0 Å². The van der Waals surface area contributed by atoms with Gasteiger partial charge in [-0.25, -0.2) is 4.98 Å². The smallest absolute Gasteiger partial charge is 0.0991 e. The first kappa shape index (κ1) is 13.9. The Balaban J connectivity index is 1.94. The van der Waals surface area contributed by atoms with Crippen molar-refractivity contribution in [2.75, 3.05) is 0 Å². The van der Waals surface area contributed by atoms with Gasteiger partial charge in [0.2, 0.25) is 0 Å². The predicted molar refractivity (Wildman–Crippen MR) is 77.6 cm³/mol. The van der Waals surface area contributed by atoms with E-state index in [2.05, 4.69) is 24.1 Å². The maximum absolute atomic E-state index is 6.15. The average Bonchev–Trinajstić information content (AvgIpc) is 2.88. The molecule has 0 aliphatic carbocycles. The van der Waals surface area contributed by atoms with E-state index in [1.54, 1.807) is 6.20 Å². The molecule has 0 aromatic carbocycles. The van der Waals surface area contributed by atoms with E-state index in [1.165, 1.54) is 11.3 Å². The number of rotatable bonds is 5. The number of imidazole rings is 1. The first-order valence-electron chi connectivity index (χ1n) is 5.72. The second-order valence-electron chi connectivity index (χ2n) is 4.33. The minimum atomic E-state index is 0.180. The maximum Gasteiger partial charge on any atom is 0.0991 e. The van der Waals surface area contributed by atoms with Gasteiger partial charge in [-0.3, -0.25) is 0 Å². The third kappa shape index (κ3) is 3.48. The molecule has 2 aromatic heterocycles. The highest BCUT2D eigenvalue weighted by atomic mass is 35.5. The molecule has 0 saturated carbocycles. The van der Waals surface area contributed by atoms with Crippen LogP contribution in [0.2, 0.25) is 8.67 Å². The lowest BCUT2D eigenvalue weighted by Crippen LogP contribution is -2.32. The fourth-order valence-electron chi connectivity index (χ4n) is 1.93. The SMILES string of the molecule is CC(Cn1ccnc1)NC(C)c1cc(Cl)sc1Cl. The van der Waals surface area contributed by atoms with E-state index in [0.717, 1.165) is 20.8 Å². The van der Waals surface area contributed by atoms with Gasteiger partial charge in [-0.2, -0.15) is 0 Å². The molecule has 2 aromatic rings. The lowest BCUT2D eigenvalue weighted by Gasteiger charge is -2.20. The van der Waals surface area contributed by atoms with Gasteiger partial charge in [-0.1, -0.05) is 23.2 Å². The molecular weight excluding hydrogens is 289 g/mol. The molecular formula is C12H15Cl2N3S. The second-order valence-corrected chi connectivity index (χ2v) is 6.61. The zero-order chi connectivity index (χ0) is 13.1. The third-order valence-corrected chi connectivity index (χ3v) is 4.25. The lowest BCUT2D eigenvalue weighted by atomic mass is 10.1. The molecule has 2 heterocycles. The molecule has 2 rings (SSSR count). The van der Waals surface area contributed by atoms with Crippen molar-refractivity contribution in [1.82, 2.24) is 14.9 Å². The molecule has 2 unspecified atom stereocenters. The Morgan fingerprint density at radius 1 is 1.44 bits per heavy atom. The number of nitrogens with zero attached hydrogens (tertiary/aromatic N) is 2. The largest absolute Gasteiger partial charge is 0.336 e. The van der Waals surface area contributed by atoms with Gasteiger partial charge < -0.3 is 9.88 Å². The number of hydrogen-bond acceptors (Lipinski definition) is 3. The van der Waals surface area contributed by atoms with E-state index in [-0.39, 0.29) is 6.04 Å². The van der Waals surface area contributed by atoms with E-state index < -0.39 is 0 Å². The van der Waals surface area contributed by atoms with Crippen molar-refractivity contribution in [3.05, 3.63) is 39.0 Å². The first-order valence-corrected chi connectivity index (χ1v) is 7.30. The van der Waals surface area contributed by atoms with Crippen LogP contribution in [0.1, 0.15) is 25.5 Å². The highest BCUT2D eigenvalue weighted by molar-refractivity contribution is 7.20. The maximum atomic E-state index is 6.15. The van der Waals surface area contributed by atoms with Crippen molar-refractivity contribution in [1.29, 1.82) is 0 Å². The number of aromatic nitrogens is 2. The van der Waals surface area contributed by atoms with Gasteiger partial charge in [-0.15, -0.1) is 11.3 Å². The molecule has 0 spiro atoms. The fourth-order valence-corrected chi connectivity index (χ4v) is 3.57. The quantitative estimate of drug-likeness (QED) is 0.905. The van der Waals surface area contributed by atoms with Gasteiger partial charge in [0.15, 0.2) is 0 Å². The highest BCUT2D eigenvalue weighted by Gasteiger charge is 2.15. The van der Waals surface area contributed by atoms with Crippen molar-refractivity contribution in [3.8, 4) is 0 Å². The van der Waals surface area contributed by atoms with Crippen LogP contribution in [-0.2, 0) is 6.54 Å². The minimum Gasteiger partial charge on any atom is -0.336 e. The van der Waals surface area contributed by atoms with Crippen molar-refractivity contribution in [3.63, 3.8) is 0 Å². The normalized spacial score (nSPS) is 14.7. The average molecular weight is 304 g/mol. The number of nitrogens with one attached hydrogen (secondary N) is 1. The highest BCUT2D eigenvalue weighted by Crippen LogP contribution is 2.34. The Bertz CT molecular complexity index is 495. The Labute approximate surface area is 121 Å². The summed E-state index contributed by atoms with van der Waals surface area (Å²) in [5.41, 5.74) is 1.06. The van der Waals surface area contributed by atoms with Gasteiger partial charge in [-0.05, 0) is 25.5 Å². The molecule has 3 nitrogen and oxygen atoms in total. The first-order chi connectivity index (χ1) is 8.56. The monoisotopic (exact) mass is 303 g/mol. The summed E-state index contributed by atoms with van der Waals surface area (Å²) in [4.78, 5) is 4.03. The molecule has 1 N–H and O–H groups in total. The lowest BCUT2D eigenvalue weighted by molar-refractivity contribution is 0.431. The molecule has 6 heteroatoms. The van der Waals surface area contributed by atoms with Crippen LogP contribution in [-0.4, -0.2) is 15.6 Å². The van der Waals surface area contributed by atoms with Crippen LogP contribution >= 0.6 is 34.5 Å². The Morgan fingerprint density at radius 2 is 2.22 bits per heavy atom. The van der Waals surface area contributed by atoms with E-state index in [0.29, 0.717) is 6.04 Å². The Kier molecular flexibility index (Phi) is 4.67. The van der Waals surface area contributed by atoms with Gasteiger partial charge in [0.1, 0.15) is 0 Å². The third-order valence-electron chi connectivity index (χ3n) is 2.73. The number of thiophene rings is 1. The van der Waals surface area contributed by atoms with E-state index >= 15 is 0 Å². The van der Waals surface area contributed by atoms with Crippen molar-refractivity contribution in [2.24, 2.45) is 0 Å². The van der Waals surface area contributed by atoms with Crippen LogP contribution in [0.5, 0.6) is 0 Å². The molecule has 2 atom stereocenters. The molecule has 0 aliphatic heterocycles. The molecule has 0 fully saturated rings.